The molecular formula is C15H18FN3O6S. The number of benzene rings is 1. The summed E-state index contributed by atoms with van der Waals surface area (Å²) in [6.45, 7) is 1.73. The zero-order chi connectivity index (χ0) is 19.7. The Bertz CT molecular complexity index is 820. The number of nitrogens with zero attached hydrogens (tertiary/aromatic N) is 1. The molecule has 0 aliphatic carbocycles. The number of carbonyl (C=O) groups is 2. The number of aliphatic carboxylic acids is 2. The third-order valence-electron chi connectivity index (χ3n) is 2.92. The molecule has 0 bridgehead atoms. The predicted molar refractivity (Wildman–Crippen MR) is 92.7 cm³/mol. The van der Waals surface area contributed by atoms with Gasteiger partial charge in [-0.05, 0) is 12.1 Å². The van der Waals surface area contributed by atoms with Crippen molar-refractivity contribution >= 4 is 33.3 Å². The molecule has 0 saturated carbocycles. The Balaban J connectivity index is 0.000000359. The molecule has 0 fully saturated rings. The highest BCUT2D eigenvalue weighted by Crippen LogP contribution is 2.24. The first-order chi connectivity index (χ1) is 12.1. The number of rotatable bonds is 6. The normalized spacial score (nSPS) is 13.4. The molecule has 1 aromatic rings. The summed E-state index contributed by atoms with van der Waals surface area (Å²) in [7, 11) is -3.46. The first-order valence-corrected chi connectivity index (χ1v) is 9.14. The molecular weight excluding hydrogens is 369 g/mol. The number of hydrogen-bond acceptors (Lipinski definition) is 7. The maximum absolute atomic E-state index is 13.7. The number of nitrogens with one attached hydrogen (secondary N) is 2. The molecule has 4 N–H and O–H groups in total. The van der Waals surface area contributed by atoms with Crippen LogP contribution in [0.15, 0.2) is 40.2 Å². The number of para-hydroxylation sites is 1. The second kappa shape index (κ2) is 9.51. The lowest BCUT2D eigenvalue weighted by atomic mass is 10.3. The summed E-state index contributed by atoms with van der Waals surface area (Å²) in [4.78, 5) is 23.2. The van der Waals surface area contributed by atoms with Crippen molar-refractivity contribution in [3.05, 3.63) is 36.2 Å². The van der Waals surface area contributed by atoms with E-state index in [0.29, 0.717) is 24.5 Å². The summed E-state index contributed by atoms with van der Waals surface area (Å²) >= 11 is 0. The minimum atomic E-state index is -3.46. The van der Waals surface area contributed by atoms with Crippen LogP contribution in [-0.4, -0.2) is 62.3 Å². The van der Waals surface area contributed by atoms with Gasteiger partial charge in [-0.2, -0.15) is 0 Å². The van der Waals surface area contributed by atoms with Crippen LogP contribution < -0.4 is 10.6 Å². The van der Waals surface area contributed by atoms with Gasteiger partial charge in [-0.15, -0.1) is 0 Å². The van der Waals surface area contributed by atoms with Gasteiger partial charge >= 0.3 is 11.9 Å². The lowest BCUT2D eigenvalue weighted by molar-refractivity contribution is -0.134. The minimum absolute atomic E-state index is 0.00333. The summed E-state index contributed by atoms with van der Waals surface area (Å²) in [5.41, 5.74) is -0.00333. The third kappa shape index (κ3) is 7.30. The van der Waals surface area contributed by atoms with Gasteiger partial charge in [-0.3, -0.25) is 4.99 Å². The van der Waals surface area contributed by atoms with Gasteiger partial charge in [0.05, 0.1) is 23.7 Å². The van der Waals surface area contributed by atoms with Crippen molar-refractivity contribution in [2.75, 3.05) is 31.2 Å². The summed E-state index contributed by atoms with van der Waals surface area (Å²) < 4.78 is 36.8. The largest absolute Gasteiger partial charge is 0.478 e. The summed E-state index contributed by atoms with van der Waals surface area (Å²) in [5, 5.41) is 21.4. The van der Waals surface area contributed by atoms with E-state index in [1.54, 1.807) is 0 Å². The van der Waals surface area contributed by atoms with Crippen molar-refractivity contribution in [3.63, 3.8) is 0 Å². The summed E-state index contributed by atoms with van der Waals surface area (Å²) in [6, 6.07) is 3.98. The molecule has 26 heavy (non-hydrogen) atoms. The highest BCUT2D eigenvalue weighted by Gasteiger charge is 2.17. The highest BCUT2D eigenvalue weighted by atomic mass is 32.2. The molecule has 0 amide bonds. The molecule has 2 rings (SSSR count). The number of carboxylic acids is 2. The smallest absolute Gasteiger partial charge is 0.328 e. The maximum Gasteiger partial charge on any atom is 0.328 e. The number of anilines is 1. The molecule has 0 spiro atoms. The SMILES string of the molecule is CS(=O)(=O)c1cccc(F)c1NCC1=NCCN1.O=C(O)/C=C/C(=O)O. The molecule has 0 atom stereocenters. The molecule has 142 valence electrons. The van der Waals surface area contributed by atoms with E-state index < -0.39 is 27.6 Å². The summed E-state index contributed by atoms with van der Waals surface area (Å²) in [5.74, 6) is -2.39. The monoisotopic (exact) mass is 387 g/mol. The number of sulfone groups is 1. The van der Waals surface area contributed by atoms with E-state index in [1.165, 1.54) is 18.2 Å². The van der Waals surface area contributed by atoms with Gasteiger partial charge in [0.2, 0.25) is 0 Å². The van der Waals surface area contributed by atoms with Crippen molar-refractivity contribution in [3.8, 4) is 0 Å². The number of carboxylic acid groups (broad SMARTS) is 2. The lowest BCUT2D eigenvalue weighted by Gasteiger charge is -2.12. The van der Waals surface area contributed by atoms with E-state index in [9.17, 15) is 22.4 Å². The van der Waals surface area contributed by atoms with Crippen LogP contribution in [0.1, 0.15) is 0 Å². The van der Waals surface area contributed by atoms with Gasteiger partial charge < -0.3 is 20.8 Å². The van der Waals surface area contributed by atoms with E-state index in [4.69, 9.17) is 10.2 Å². The average Bonchev–Trinajstić information content (AvgIpc) is 3.04. The number of amidine groups is 1. The molecule has 1 heterocycles. The van der Waals surface area contributed by atoms with E-state index in [2.05, 4.69) is 15.6 Å². The van der Waals surface area contributed by atoms with Gasteiger partial charge in [-0.25, -0.2) is 22.4 Å². The van der Waals surface area contributed by atoms with E-state index in [1.807, 2.05) is 0 Å². The second-order valence-corrected chi connectivity index (χ2v) is 6.99. The first kappa shape index (κ1) is 21.1. The quantitative estimate of drug-likeness (QED) is 0.512. The highest BCUT2D eigenvalue weighted by molar-refractivity contribution is 7.90. The molecule has 1 aromatic carbocycles. The fourth-order valence-electron chi connectivity index (χ4n) is 1.86. The van der Waals surface area contributed by atoms with Crippen molar-refractivity contribution < 1.29 is 32.6 Å². The Morgan fingerprint density at radius 3 is 2.38 bits per heavy atom. The second-order valence-electron chi connectivity index (χ2n) is 5.00. The Kier molecular flexibility index (Phi) is 7.72. The Morgan fingerprint density at radius 1 is 1.31 bits per heavy atom. The molecule has 1 aliphatic heterocycles. The third-order valence-corrected chi connectivity index (χ3v) is 4.06. The minimum Gasteiger partial charge on any atom is -0.478 e. The first-order valence-electron chi connectivity index (χ1n) is 7.25. The van der Waals surface area contributed by atoms with Crippen LogP contribution in [0.5, 0.6) is 0 Å². The number of aliphatic imine (C=N–C) groups is 1. The van der Waals surface area contributed by atoms with Crippen molar-refractivity contribution in [2.24, 2.45) is 4.99 Å². The van der Waals surface area contributed by atoms with E-state index in [-0.39, 0.29) is 17.1 Å². The van der Waals surface area contributed by atoms with Crippen molar-refractivity contribution in [1.82, 2.24) is 5.32 Å². The van der Waals surface area contributed by atoms with Crippen LogP contribution in [0.2, 0.25) is 0 Å². The molecule has 0 radical (unpaired) electrons. The number of halogens is 1. The fraction of sp³-hybridized carbons (Fsp3) is 0.267. The lowest BCUT2D eigenvalue weighted by Crippen LogP contribution is -2.26. The molecule has 0 saturated heterocycles. The topological polar surface area (TPSA) is 145 Å². The van der Waals surface area contributed by atoms with E-state index >= 15 is 0 Å². The molecule has 0 unspecified atom stereocenters. The van der Waals surface area contributed by atoms with Gasteiger partial charge in [0.15, 0.2) is 9.84 Å². The van der Waals surface area contributed by atoms with E-state index in [0.717, 1.165) is 12.8 Å². The molecule has 1 aliphatic rings. The predicted octanol–water partition coefficient (Wildman–Crippen LogP) is 0.355. The van der Waals surface area contributed by atoms with Crippen LogP contribution in [0.4, 0.5) is 10.1 Å². The zero-order valence-electron chi connectivity index (χ0n) is 13.8. The Morgan fingerprint density at radius 2 is 1.92 bits per heavy atom. The van der Waals surface area contributed by atoms with Crippen LogP contribution in [0.25, 0.3) is 0 Å². The maximum atomic E-state index is 13.7. The standard InChI is InChI=1S/C11H14FN3O2S.C4H4O4/c1-18(16,17)9-4-2-3-8(12)11(9)15-7-10-13-5-6-14-10;5-3(6)1-2-4(7)8/h2-4,15H,5-7H2,1H3,(H,13,14);1-2H,(H,5,6)(H,7,8)/b;2-1+. The fourth-order valence-corrected chi connectivity index (χ4v) is 2.73. The molecule has 0 aromatic heterocycles. The van der Waals surface area contributed by atoms with Crippen LogP contribution in [0, 0.1) is 5.82 Å². The van der Waals surface area contributed by atoms with Crippen LogP contribution in [-0.2, 0) is 19.4 Å². The molecule has 9 nitrogen and oxygen atoms in total. The molecule has 11 heteroatoms. The van der Waals surface area contributed by atoms with Crippen molar-refractivity contribution in [2.45, 2.75) is 4.90 Å². The van der Waals surface area contributed by atoms with Crippen molar-refractivity contribution in [1.29, 1.82) is 0 Å². The van der Waals surface area contributed by atoms with Gasteiger partial charge in [0.1, 0.15) is 11.7 Å². The summed E-state index contributed by atoms with van der Waals surface area (Å²) in [6.07, 6.45) is 2.17. The van der Waals surface area contributed by atoms with Gasteiger partial charge in [0, 0.05) is 25.0 Å². The van der Waals surface area contributed by atoms with Crippen LogP contribution in [0.3, 0.4) is 0 Å². The Hall–Kier alpha value is -2.95. The van der Waals surface area contributed by atoms with Crippen LogP contribution >= 0.6 is 0 Å². The van der Waals surface area contributed by atoms with Gasteiger partial charge in [-0.1, -0.05) is 6.07 Å². The van der Waals surface area contributed by atoms with Gasteiger partial charge in [0.25, 0.3) is 0 Å². The average molecular weight is 387 g/mol. The Labute approximate surface area is 149 Å². The zero-order valence-corrected chi connectivity index (χ0v) is 14.6. The number of hydrogen-bond donors (Lipinski definition) is 4.